The third-order valence-electron chi connectivity index (χ3n) is 23.4. The van der Waals surface area contributed by atoms with Crippen LogP contribution in [0.2, 0.25) is 0 Å². The molecule has 2 aliphatic rings. The topological polar surface area (TPSA) is 524 Å². The van der Waals surface area contributed by atoms with Crippen LogP contribution in [-0.2, 0) is 139 Å². The number of primary sulfonamides is 2. The van der Waals surface area contributed by atoms with Gasteiger partial charge < -0.3 is 67.8 Å². The summed E-state index contributed by atoms with van der Waals surface area (Å²) in [6, 6.07) is 29.6. The van der Waals surface area contributed by atoms with E-state index in [0.29, 0.717) is 82.0 Å². The number of sulfonamides is 2. The van der Waals surface area contributed by atoms with Gasteiger partial charge in [-0.2, -0.15) is 0 Å². The van der Waals surface area contributed by atoms with E-state index in [2.05, 4.69) is 22.2 Å². The number of ether oxygens (including phenoxy) is 11. The molecule has 2 heterocycles. The number of carbonyl (C=O) groups excluding carboxylic acids is 14. The molecule has 6 amide bonds. The average Bonchev–Trinajstić information content (AvgIpc) is 1.65. The number of aliphatic hydroxyl groups excluding tert-OH is 1. The number of amides is 6. The third-order valence-corrected chi connectivity index (χ3v) is 25.2. The summed E-state index contributed by atoms with van der Waals surface area (Å²) in [5.74, 6) is -3.37. The Hall–Kier alpha value is -10.9. The fourth-order valence-corrected chi connectivity index (χ4v) is 10.6. The highest BCUT2D eigenvalue weighted by atomic mass is 32.2. The number of para-hydroxylation sites is 2. The summed E-state index contributed by atoms with van der Waals surface area (Å²) in [6.45, 7) is 56.7. The van der Waals surface area contributed by atoms with Crippen LogP contribution in [0.15, 0.2) is 136 Å². The molecule has 143 heavy (non-hydrogen) atoms. The Morgan fingerprint density at radius 1 is 0.399 bits per heavy atom. The first-order valence-corrected chi connectivity index (χ1v) is 50.7. The highest BCUT2D eigenvalue weighted by molar-refractivity contribution is 7.89. The smallest absolute Gasteiger partial charge is 0.333 e. The molecule has 7 atom stereocenters. The minimum Gasteiger partial charge on any atom is -0.463 e. The molecule has 39 heteroatoms. The van der Waals surface area contributed by atoms with Gasteiger partial charge in [0, 0.05) is 80.9 Å². The van der Waals surface area contributed by atoms with E-state index in [4.69, 9.17) is 62.4 Å². The summed E-state index contributed by atoms with van der Waals surface area (Å²) >= 11 is 0. The lowest BCUT2D eigenvalue weighted by Crippen LogP contribution is -2.31. The summed E-state index contributed by atoms with van der Waals surface area (Å²) in [4.78, 5) is 165. The van der Waals surface area contributed by atoms with Crippen LogP contribution in [0.3, 0.4) is 0 Å². The van der Waals surface area contributed by atoms with E-state index in [1.54, 1.807) is 94.2 Å². The molecule has 0 aliphatic carbocycles. The molecule has 37 nitrogen and oxygen atoms in total. The van der Waals surface area contributed by atoms with Gasteiger partial charge in [0.2, 0.25) is 61.6 Å². The Morgan fingerprint density at radius 3 is 0.839 bits per heavy atom. The number of benzene rings is 4. The molecule has 0 bridgehead atoms. The summed E-state index contributed by atoms with van der Waals surface area (Å²) in [7, 11) is -1.03. The second-order valence-corrected chi connectivity index (χ2v) is 40.4. The molecule has 0 radical (unpaired) electrons. The molecule has 810 valence electrons. The van der Waals surface area contributed by atoms with Crippen molar-refractivity contribution in [3.05, 3.63) is 121 Å². The number of hydrogen-bond acceptors (Lipinski definition) is 31. The van der Waals surface area contributed by atoms with Gasteiger partial charge in [-0.05, 0) is 214 Å². The van der Waals surface area contributed by atoms with E-state index in [-0.39, 0.29) is 170 Å². The number of methoxy groups -OCH3 is 4. The van der Waals surface area contributed by atoms with Gasteiger partial charge in [-0.3, -0.25) is 67.3 Å². The van der Waals surface area contributed by atoms with Gasteiger partial charge in [-0.1, -0.05) is 140 Å². The molecule has 6 rings (SSSR count). The van der Waals surface area contributed by atoms with Gasteiger partial charge in [0.15, 0.2) is 0 Å². The summed E-state index contributed by atoms with van der Waals surface area (Å²) in [6.07, 6.45) is 6.39. The van der Waals surface area contributed by atoms with Crippen LogP contribution in [0.5, 0.6) is 0 Å². The molecule has 2 fully saturated rings. The highest BCUT2D eigenvalue weighted by Crippen LogP contribution is 2.33. The molecule has 2 aliphatic heterocycles. The van der Waals surface area contributed by atoms with Crippen molar-refractivity contribution in [2.75, 3.05) is 128 Å². The minimum absolute atomic E-state index is 0.0269. The molecule has 7 unspecified atom stereocenters. The van der Waals surface area contributed by atoms with Crippen molar-refractivity contribution >= 4 is 126 Å². The van der Waals surface area contributed by atoms with E-state index < -0.39 is 42.9 Å². The standard InChI is InChI=1S/C13H22O5.2C12H13NO2.2C11H16N2O3S.C9H15NO3.4C9H18O3/c1-6-13(4,5)12(16)18-8-10(14)7-17-11(15)9(2)3;2*1-8-9(2)12(15)13(11(8)14)10-6-4-3-5-7-10;2*1-3-8(2)11(14)13-9-4-6-10(7-5-9)17(12,15)16;1-4-9(2,3)8(12)13-6-5-10-7-11;4*1-5-9(2,3)8(10)12-7-6-11-4/h10,14H,2,6-8H2,1,3-5H3;2*3-9H,1-2H3;2*4-8H,3H2,1-2H3,(H,13,14)(H2,12,15,16);4-6H2,1-3H3;4*5-7H2,1-4H3. The lowest BCUT2D eigenvalue weighted by Gasteiger charge is -2.21. The lowest BCUT2D eigenvalue weighted by atomic mass is 9.91. The lowest BCUT2D eigenvalue weighted by molar-refractivity contribution is -0.159. The number of nitrogens with one attached hydrogen (secondary N) is 2. The molecule has 2 saturated heterocycles. The van der Waals surface area contributed by atoms with Gasteiger partial charge in [-0.15, -0.1) is 0 Å². The van der Waals surface area contributed by atoms with E-state index in [9.17, 15) is 89.1 Å². The second-order valence-electron chi connectivity index (χ2n) is 37.3. The number of nitrogens with zero attached hydrogens (tertiary/aromatic N) is 3. The molecule has 0 saturated carbocycles. The first-order chi connectivity index (χ1) is 66.3. The fraction of sp³-hybridized carbons (Fsp3) is 0.615. The largest absolute Gasteiger partial charge is 0.463 e. The average molecular weight is 2060 g/mol. The number of nitrogens with two attached hydrogens (primary N) is 2. The number of carbonyl (C=O) groups is 13. The van der Waals surface area contributed by atoms with E-state index in [0.717, 1.165) is 44.9 Å². The van der Waals surface area contributed by atoms with Crippen molar-refractivity contribution in [3.8, 4) is 0 Å². The van der Waals surface area contributed by atoms with Gasteiger partial charge in [0.05, 0.1) is 86.6 Å². The van der Waals surface area contributed by atoms with Crippen LogP contribution in [0.4, 0.5) is 22.7 Å². The van der Waals surface area contributed by atoms with Crippen molar-refractivity contribution in [2.24, 2.45) is 83.3 Å². The van der Waals surface area contributed by atoms with Gasteiger partial charge in [0.1, 0.15) is 52.4 Å². The predicted octanol–water partition coefficient (Wildman–Crippen LogP) is 15.5. The van der Waals surface area contributed by atoms with Crippen molar-refractivity contribution in [1.82, 2.24) is 0 Å². The van der Waals surface area contributed by atoms with Crippen LogP contribution >= 0.6 is 0 Å². The fourth-order valence-electron chi connectivity index (χ4n) is 9.56. The maximum Gasteiger partial charge on any atom is 0.333 e. The molecule has 4 aromatic rings. The minimum atomic E-state index is -3.68. The summed E-state index contributed by atoms with van der Waals surface area (Å²) in [5.41, 5.74) is 0.214. The Morgan fingerprint density at radius 2 is 0.629 bits per heavy atom. The Labute approximate surface area is 849 Å². The van der Waals surface area contributed by atoms with Crippen LogP contribution in [-0.4, -0.2) is 219 Å². The zero-order valence-corrected chi connectivity index (χ0v) is 92.0. The Bertz CT molecular complexity index is 4460. The highest BCUT2D eigenvalue weighted by Gasteiger charge is 2.44. The predicted molar refractivity (Wildman–Crippen MR) is 549 cm³/mol. The molecular weight excluding hydrogens is 1890 g/mol. The number of anilines is 4. The molecule has 7 N–H and O–H groups in total. The molecule has 0 aromatic heterocycles. The van der Waals surface area contributed by atoms with E-state index in [1.165, 1.54) is 71.3 Å². The zero-order valence-electron chi connectivity index (χ0n) is 90.4. The molecular formula is C104H167N7O30S2. The van der Waals surface area contributed by atoms with Crippen molar-refractivity contribution < 1.29 is 141 Å². The number of isocyanates is 1. The summed E-state index contributed by atoms with van der Waals surface area (Å²) < 4.78 is 97.6. The first-order valence-electron chi connectivity index (χ1n) is 47.6. The van der Waals surface area contributed by atoms with Crippen LogP contribution in [0.1, 0.15) is 238 Å². The number of esters is 7. The monoisotopic (exact) mass is 2060 g/mol. The second kappa shape index (κ2) is 70.8. The normalized spacial score (nSPS) is 15.0. The quantitative estimate of drug-likeness (QED) is 0.00523. The first kappa shape index (κ1) is 138. The number of aliphatic imine (C=N–C) groups is 1. The van der Waals surface area contributed by atoms with Crippen molar-refractivity contribution in [2.45, 2.75) is 254 Å². The maximum absolute atomic E-state index is 11.8. The zero-order chi connectivity index (χ0) is 111. The van der Waals surface area contributed by atoms with E-state index in [1.807, 2.05) is 175 Å². The number of imide groups is 2. The van der Waals surface area contributed by atoms with E-state index >= 15 is 0 Å². The number of rotatable bonds is 42. The third kappa shape index (κ3) is 55.1. The number of aliphatic hydroxyl groups is 1. The maximum atomic E-state index is 11.8. The molecule has 4 aromatic carbocycles. The van der Waals surface area contributed by atoms with Gasteiger partial charge in [0.25, 0.3) is 0 Å². The van der Waals surface area contributed by atoms with Crippen molar-refractivity contribution in [1.29, 1.82) is 0 Å². The van der Waals surface area contributed by atoms with Crippen LogP contribution in [0, 0.1) is 68.0 Å². The van der Waals surface area contributed by atoms with Crippen LogP contribution in [0.25, 0.3) is 0 Å². The van der Waals surface area contributed by atoms with Gasteiger partial charge >= 0.3 is 41.8 Å². The Balaban J connectivity index is -0.000000753. The van der Waals surface area contributed by atoms with Crippen molar-refractivity contribution in [3.63, 3.8) is 0 Å². The summed E-state index contributed by atoms with van der Waals surface area (Å²) in [5, 5.41) is 24.8. The van der Waals surface area contributed by atoms with Crippen LogP contribution < -0.4 is 30.7 Å². The SMILES string of the molecule is C=C(C)C(=O)OCC(O)COC(=O)C(C)(C)CC.CC1C(=O)N(c2ccccc2)C(=O)C1C.CC1C(=O)N(c2ccccc2)C(=O)C1C.CCC(C)(C)C(=O)OCCN=C=O.CCC(C)(C)C(=O)OCCOC.CCC(C)(C)C(=O)OCCOC.CCC(C)(C)C(=O)OCCOC.CCC(C)(C)C(=O)OCCOC.CCC(C)C(=O)Nc1ccc(S(N)(=O)=O)cc1.CCC(C)C(=O)Nc1ccc(S(N)(=O)=O)cc1. The number of hydrogen-bond donors (Lipinski definition) is 5. The Kier molecular flexibility index (Phi) is 68.5. The van der Waals surface area contributed by atoms with Gasteiger partial charge in [-0.25, -0.2) is 41.7 Å². The molecule has 0 spiro atoms.